The molecule has 12 aromatic carbocycles. The van der Waals surface area contributed by atoms with Crippen LogP contribution in [0.4, 0.5) is 0 Å². The lowest BCUT2D eigenvalue weighted by Crippen LogP contribution is -2.24. The van der Waals surface area contributed by atoms with Gasteiger partial charge >= 0.3 is 0 Å². The largest absolute Gasteiger partial charge is 0.496 e. The van der Waals surface area contributed by atoms with Gasteiger partial charge in [0.15, 0.2) is 0 Å². The molecule has 13 rings (SSSR count). The van der Waals surface area contributed by atoms with Crippen molar-refractivity contribution in [2.24, 2.45) is 0 Å². The molecule has 0 heterocycles. The average molecular weight is 1580 g/mol. The van der Waals surface area contributed by atoms with Crippen LogP contribution in [-0.4, -0.2) is 28.4 Å². The van der Waals surface area contributed by atoms with Crippen LogP contribution in [0.1, 0.15) is 236 Å². The summed E-state index contributed by atoms with van der Waals surface area (Å²) >= 11 is 0. The number of hydrogen-bond acceptors (Lipinski definition) is 6. The van der Waals surface area contributed by atoms with Crippen molar-refractivity contribution in [1.29, 1.82) is 0 Å². The van der Waals surface area contributed by atoms with Crippen LogP contribution in [0.15, 0.2) is 243 Å². The van der Waals surface area contributed by atoms with Gasteiger partial charge in [-0.25, -0.2) is 0 Å². The Hall–Kier alpha value is -9.70. The Balaban J connectivity index is 1.09. The smallest absolute Gasteiger partial charge is 0.126 e. The summed E-state index contributed by atoms with van der Waals surface area (Å²) in [5, 5.41) is 7.68. The first-order valence-corrected chi connectivity index (χ1v) is 44.1. The van der Waals surface area contributed by atoms with Gasteiger partial charge in [-0.3, -0.25) is 0 Å². The van der Waals surface area contributed by atoms with E-state index in [2.05, 4.69) is 367 Å². The molecule has 12 aromatic rings. The van der Waals surface area contributed by atoms with Crippen molar-refractivity contribution < 1.29 is 28.4 Å². The Morgan fingerprint density at radius 2 is 0.379 bits per heavy atom. The Bertz CT molecular complexity index is 4860. The maximum atomic E-state index is 7.87. The molecule has 116 heavy (non-hydrogen) atoms. The molecular formula is C108H122O6P2. The highest BCUT2D eigenvalue weighted by atomic mass is 31.1. The van der Waals surface area contributed by atoms with Crippen molar-refractivity contribution in [2.75, 3.05) is 28.4 Å². The van der Waals surface area contributed by atoms with Gasteiger partial charge in [-0.1, -0.05) is 367 Å². The fraction of sp³-hybridized carbons (Fsp3) is 0.333. The second kappa shape index (κ2) is 34.5. The minimum atomic E-state index is -0.966. The van der Waals surface area contributed by atoms with E-state index in [1.807, 2.05) is 28.4 Å². The molecular weight excluding hydrogens is 1460 g/mol. The van der Waals surface area contributed by atoms with Gasteiger partial charge < -0.3 is 28.4 Å². The minimum absolute atomic E-state index is 0.249. The summed E-state index contributed by atoms with van der Waals surface area (Å²) in [6.07, 6.45) is 3.17. The van der Waals surface area contributed by atoms with E-state index >= 15 is 0 Å². The van der Waals surface area contributed by atoms with Gasteiger partial charge in [0, 0.05) is 38.5 Å². The summed E-state index contributed by atoms with van der Waals surface area (Å²) in [6, 6.07) is 91.0. The number of benzene rings is 12. The topological polar surface area (TPSA) is 55.4 Å². The fourth-order valence-corrected chi connectivity index (χ4v) is 21.4. The Labute approximate surface area is 697 Å². The molecule has 0 fully saturated rings. The van der Waals surface area contributed by atoms with E-state index in [4.69, 9.17) is 28.4 Å². The molecule has 0 unspecified atom stereocenters. The third kappa shape index (κ3) is 19.0. The summed E-state index contributed by atoms with van der Waals surface area (Å²) in [5.41, 5.74) is 21.2. The third-order valence-electron chi connectivity index (χ3n) is 23.0. The highest BCUT2D eigenvalue weighted by Gasteiger charge is 2.33. The van der Waals surface area contributed by atoms with Crippen LogP contribution in [0.5, 0.6) is 34.5 Å². The van der Waals surface area contributed by atoms with Crippen LogP contribution in [-0.2, 0) is 84.2 Å². The van der Waals surface area contributed by atoms with Gasteiger partial charge in [0.1, 0.15) is 47.7 Å². The van der Waals surface area contributed by atoms with Crippen molar-refractivity contribution >= 4 is 47.7 Å². The highest BCUT2D eigenvalue weighted by molar-refractivity contribution is 7.80. The van der Waals surface area contributed by atoms with Crippen molar-refractivity contribution in [1.82, 2.24) is 0 Å². The molecule has 0 amide bonds. The lowest BCUT2D eigenvalue weighted by Gasteiger charge is -2.29. The predicted octanol–water partition coefficient (Wildman–Crippen LogP) is 24.0. The van der Waals surface area contributed by atoms with E-state index in [1.165, 1.54) is 65.2 Å². The molecule has 0 saturated carbocycles. The van der Waals surface area contributed by atoms with Gasteiger partial charge in [-0.2, -0.15) is 0 Å². The quantitative estimate of drug-likeness (QED) is 0.0899. The van der Waals surface area contributed by atoms with Crippen LogP contribution in [0.25, 0.3) is 0 Å². The summed E-state index contributed by atoms with van der Waals surface area (Å²) in [6.45, 7) is 42.7. The van der Waals surface area contributed by atoms with Crippen LogP contribution < -0.4 is 60.2 Å². The van der Waals surface area contributed by atoms with Crippen molar-refractivity contribution in [3.8, 4) is 34.5 Å². The van der Waals surface area contributed by atoms with Gasteiger partial charge in [0.05, 0.1) is 28.4 Å². The standard InChI is InChI=1S/C108H122O6P2/c1-103(2,3)85-57-73-51-74-58-86(104(4,5)6)62-78(98(74)110-20)54-83-67-90(108(16,17)18)68-84(102(83)114-70-72-40-36-38-50-96(72)116(93-45-31-25-32-46-93)94-47-33-26-34-48-94)56-80-64-88(106(10,11)12)60-76(100(80)112-22)52-75-59-87(105(7,8)9)63-79(99(75)111-21)55-82-66-89(107(13,14)15)65-81(53-77(61-85)97(73)109-19)101(82)113-69-71-39-35-37-49-95(71)115(91-41-27-23-28-42-91)92-43-29-24-30-44-92/h23-50,57-68H,51-56,69-70H2,1-22H3. The van der Waals surface area contributed by atoms with Gasteiger partial charge in [-0.05, 0) is 191 Å². The Kier molecular flexibility index (Phi) is 25.0. The van der Waals surface area contributed by atoms with E-state index in [0.29, 0.717) is 51.7 Å². The van der Waals surface area contributed by atoms with Crippen LogP contribution in [0, 0.1) is 0 Å². The predicted molar refractivity (Wildman–Crippen MR) is 493 cm³/mol. The van der Waals surface area contributed by atoms with Gasteiger partial charge in [0.2, 0.25) is 0 Å². The van der Waals surface area contributed by atoms with Crippen molar-refractivity contribution in [2.45, 2.75) is 209 Å². The lowest BCUT2D eigenvalue weighted by molar-refractivity contribution is 0.301. The zero-order chi connectivity index (χ0) is 82.8. The first-order chi connectivity index (χ1) is 55.1. The number of fused-ring (bicyclic) bond motifs is 12. The SMILES string of the molecule is COc1c2cc(C(C)(C)C)cc1Cc1cc(C(C)(C)C)cc(c1OCc1ccccc1P(c1ccccc1)c1ccccc1)Cc1cc(C(C)(C)C)cc(c1OC)Cc1cc(C(C)(C)C)cc(c1OC)Cc1cc(C(C)(C)C)cc(c1OCc1ccccc1P(c1ccccc1)c1ccccc1)Cc1cc(C(C)(C)C)cc(c1OC)C2. The number of methoxy groups -OCH3 is 4. The summed E-state index contributed by atoms with van der Waals surface area (Å²) in [5.74, 6) is 5.14. The molecule has 0 spiro atoms. The van der Waals surface area contributed by atoms with Crippen LogP contribution >= 0.6 is 15.8 Å². The molecule has 600 valence electrons. The molecule has 6 nitrogen and oxygen atoms in total. The van der Waals surface area contributed by atoms with Crippen molar-refractivity contribution in [3.05, 3.63) is 354 Å². The second-order valence-electron chi connectivity index (χ2n) is 38.0. The van der Waals surface area contributed by atoms with Crippen LogP contribution in [0.2, 0.25) is 0 Å². The molecule has 12 bridgehead atoms. The lowest BCUT2D eigenvalue weighted by atomic mass is 9.79. The Morgan fingerprint density at radius 1 is 0.216 bits per heavy atom. The zero-order valence-corrected chi connectivity index (χ0v) is 74.9. The first kappa shape index (κ1) is 84.2. The summed E-state index contributed by atoms with van der Waals surface area (Å²) in [4.78, 5) is 0. The fourth-order valence-electron chi connectivity index (χ4n) is 16.5. The third-order valence-corrected chi connectivity index (χ3v) is 28.1. The minimum Gasteiger partial charge on any atom is -0.496 e. The molecule has 0 aromatic heterocycles. The maximum absolute atomic E-state index is 7.87. The molecule has 0 saturated heterocycles. The van der Waals surface area contributed by atoms with E-state index in [9.17, 15) is 0 Å². The van der Waals surface area contributed by atoms with E-state index in [1.54, 1.807) is 0 Å². The average Bonchev–Trinajstić information content (AvgIpc) is 0.765. The molecule has 0 N–H and O–H groups in total. The first-order valence-electron chi connectivity index (χ1n) is 41.5. The van der Waals surface area contributed by atoms with Crippen molar-refractivity contribution in [3.63, 3.8) is 0 Å². The summed E-state index contributed by atoms with van der Waals surface area (Å²) in [7, 11) is 5.50. The maximum Gasteiger partial charge on any atom is 0.126 e. The number of rotatable bonds is 16. The van der Waals surface area contributed by atoms with Gasteiger partial charge in [0.25, 0.3) is 0 Å². The Morgan fingerprint density at radius 3 is 0.552 bits per heavy atom. The second-order valence-corrected chi connectivity index (χ2v) is 42.3. The normalized spacial score (nSPS) is 13.1. The molecule has 1 aliphatic carbocycles. The van der Waals surface area contributed by atoms with Gasteiger partial charge in [-0.15, -0.1) is 0 Å². The molecule has 0 atom stereocenters. The highest BCUT2D eigenvalue weighted by Crippen LogP contribution is 2.48. The monoisotopic (exact) mass is 1580 g/mol. The summed E-state index contributed by atoms with van der Waals surface area (Å²) < 4.78 is 43.7. The zero-order valence-electron chi connectivity index (χ0n) is 73.1. The number of ether oxygens (including phenoxy) is 6. The molecule has 1 aliphatic rings. The van der Waals surface area contributed by atoms with E-state index < -0.39 is 15.8 Å². The van der Waals surface area contributed by atoms with E-state index in [0.717, 1.165) is 112 Å². The molecule has 0 aliphatic heterocycles. The molecule has 0 radical (unpaired) electrons. The van der Waals surface area contributed by atoms with E-state index in [-0.39, 0.29) is 32.5 Å². The molecule has 8 heteroatoms. The number of hydrogen-bond donors (Lipinski definition) is 0. The van der Waals surface area contributed by atoms with Crippen LogP contribution in [0.3, 0.4) is 0 Å².